The van der Waals surface area contributed by atoms with Gasteiger partial charge < -0.3 is 15.2 Å². The molecule has 0 aliphatic heterocycles. The number of aliphatic hydroxyl groups is 1. The van der Waals surface area contributed by atoms with Crippen molar-refractivity contribution in [3.63, 3.8) is 0 Å². The summed E-state index contributed by atoms with van der Waals surface area (Å²) in [5.74, 6) is -0.960. The number of aliphatic hydroxyl groups excluding tert-OH is 1. The molecule has 118 valence electrons. The molecule has 8 heteroatoms. The molecule has 0 radical (unpaired) electrons. The van der Waals surface area contributed by atoms with Crippen molar-refractivity contribution >= 4 is 17.5 Å². The van der Waals surface area contributed by atoms with Crippen molar-refractivity contribution in [1.82, 2.24) is 15.5 Å². The number of aromatic amines is 1. The topological polar surface area (TPSA) is 87.2 Å². The van der Waals surface area contributed by atoms with Gasteiger partial charge in [-0.15, -0.1) is 0 Å². The SMILES string of the molecule is COCC(O)CNC(=O)c1cn[nH]c1-c1ccc(F)c(Cl)c1. The highest BCUT2D eigenvalue weighted by Crippen LogP contribution is 2.25. The average Bonchev–Trinajstić information content (AvgIpc) is 2.97. The molecule has 6 nitrogen and oxygen atoms in total. The molecule has 1 aromatic heterocycles. The summed E-state index contributed by atoms with van der Waals surface area (Å²) in [6, 6.07) is 4.11. The Bertz CT molecular complexity index is 663. The second-order valence-corrected chi connectivity index (χ2v) is 5.01. The minimum Gasteiger partial charge on any atom is -0.389 e. The summed E-state index contributed by atoms with van der Waals surface area (Å²) in [7, 11) is 1.46. The van der Waals surface area contributed by atoms with Gasteiger partial charge in [0, 0.05) is 19.2 Å². The van der Waals surface area contributed by atoms with Gasteiger partial charge in [0.15, 0.2) is 0 Å². The van der Waals surface area contributed by atoms with Crippen LogP contribution in [0.25, 0.3) is 11.3 Å². The van der Waals surface area contributed by atoms with Gasteiger partial charge in [-0.2, -0.15) is 5.10 Å². The van der Waals surface area contributed by atoms with Crippen LogP contribution in [0.2, 0.25) is 5.02 Å². The van der Waals surface area contributed by atoms with Crippen LogP contribution in [0.4, 0.5) is 4.39 Å². The van der Waals surface area contributed by atoms with Gasteiger partial charge in [-0.25, -0.2) is 4.39 Å². The van der Waals surface area contributed by atoms with E-state index in [4.69, 9.17) is 16.3 Å². The first kappa shape index (κ1) is 16.4. The Hall–Kier alpha value is -1.96. The van der Waals surface area contributed by atoms with Gasteiger partial charge in [-0.05, 0) is 18.2 Å². The average molecular weight is 328 g/mol. The lowest BCUT2D eigenvalue weighted by Crippen LogP contribution is -2.34. The van der Waals surface area contributed by atoms with E-state index < -0.39 is 17.8 Å². The number of hydrogen-bond acceptors (Lipinski definition) is 4. The number of carbonyl (C=O) groups is 1. The number of nitrogens with zero attached hydrogens (tertiary/aromatic N) is 1. The van der Waals surface area contributed by atoms with Gasteiger partial charge in [0.1, 0.15) is 5.82 Å². The van der Waals surface area contributed by atoms with Crippen molar-refractivity contribution in [2.75, 3.05) is 20.3 Å². The number of hydrogen-bond donors (Lipinski definition) is 3. The van der Waals surface area contributed by atoms with Gasteiger partial charge in [0.2, 0.25) is 0 Å². The number of methoxy groups -OCH3 is 1. The normalized spacial score (nSPS) is 12.2. The van der Waals surface area contributed by atoms with E-state index in [0.29, 0.717) is 11.3 Å². The summed E-state index contributed by atoms with van der Waals surface area (Å²) < 4.78 is 18.0. The largest absolute Gasteiger partial charge is 0.389 e. The Morgan fingerprint density at radius 3 is 3.05 bits per heavy atom. The molecule has 0 saturated heterocycles. The van der Waals surface area contributed by atoms with E-state index in [-0.39, 0.29) is 23.7 Å². The molecule has 0 bridgehead atoms. The quantitative estimate of drug-likeness (QED) is 0.752. The second kappa shape index (κ2) is 7.35. The van der Waals surface area contributed by atoms with Crippen molar-refractivity contribution in [1.29, 1.82) is 0 Å². The first-order valence-electron chi connectivity index (χ1n) is 6.47. The maximum absolute atomic E-state index is 13.2. The van der Waals surface area contributed by atoms with Gasteiger partial charge >= 0.3 is 0 Å². The van der Waals surface area contributed by atoms with Crippen LogP contribution in [0.3, 0.4) is 0 Å². The van der Waals surface area contributed by atoms with Gasteiger partial charge in [-0.1, -0.05) is 11.6 Å². The Morgan fingerprint density at radius 2 is 2.36 bits per heavy atom. The number of nitrogens with one attached hydrogen (secondary N) is 2. The number of benzene rings is 1. The molecule has 1 atom stereocenters. The van der Waals surface area contributed by atoms with Crippen molar-refractivity contribution in [2.45, 2.75) is 6.10 Å². The lowest BCUT2D eigenvalue weighted by molar-refractivity contribution is 0.0610. The lowest BCUT2D eigenvalue weighted by atomic mass is 10.1. The first-order chi connectivity index (χ1) is 10.5. The van der Waals surface area contributed by atoms with E-state index in [9.17, 15) is 14.3 Å². The smallest absolute Gasteiger partial charge is 0.255 e. The van der Waals surface area contributed by atoms with Crippen LogP contribution in [-0.2, 0) is 4.74 Å². The van der Waals surface area contributed by atoms with Crippen LogP contribution >= 0.6 is 11.6 Å². The maximum atomic E-state index is 13.2. The summed E-state index contributed by atoms with van der Waals surface area (Å²) in [5, 5.41) is 18.6. The molecule has 0 saturated carbocycles. The number of carbonyl (C=O) groups excluding carboxylic acids is 1. The zero-order valence-electron chi connectivity index (χ0n) is 11.8. The number of amides is 1. The number of ether oxygens (including phenoxy) is 1. The van der Waals surface area contributed by atoms with Crippen LogP contribution in [-0.4, -0.2) is 47.6 Å². The van der Waals surface area contributed by atoms with Crippen LogP contribution in [0.15, 0.2) is 24.4 Å². The molecule has 22 heavy (non-hydrogen) atoms. The Kier molecular flexibility index (Phi) is 5.48. The zero-order chi connectivity index (χ0) is 16.1. The number of H-pyrrole nitrogens is 1. The summed E-state index contributed by atoms with van der Waals surface area (Å²) in [6.45, 7) is 0.160. The Balaban J connectivity index is 2.15. The molecule has 0 aliphatic rings. The third-order valence-corrected chi connectivity index (χ3v) is 3.24. The van der Waals surface area contributed by atoms with Gasteiger partial charge in [0.05, 0.1) is 35.2 Å². The fourth-order valence-corrected chi connectivity index (χ4v) is 2.07. The minimum atomic E-state index is -0.801. The highest BCUT2D eigenvalue weighted by Gasteiger charge is 2.17. The molecule has 0 aliphatic carbocycles. The molecule has 2 aromatic rings. The highest BCUT2D eigenvalue weighted by molar-refractivity contribution is 6.31. The summed E-state index contributed by atoms with van der Waals surface area (Å²) in [5.41, 5.74) is 1.22. The highest BCUT2D eigenvalue weighted by atomic mass is 35.5. The molecule has 1 heterocycles. The number of rotatable bonds is 6. The fourth-order valence-electron chi connectivity index (χ4n) is 1.89. The van der Waals surface area contributed by atoms with E-state index in [1.54, 1.807) is 0 Å². The van der Waals surface area contributed by atoms with E-state index in [1.807, 2.05) is 0 Å². The van der Waals surface area contributed by atoms with Crippen LogP contribution in [0.5, 0.6) is 0 Å². The van der Waals surface area contributed by atoms with E-state index >= 15 is 0 Å². The molecule has 1 aromatic carbocycles. The standard InChI is InChI=1S/C14H15ClFN3O3/c1-22-7-9(20)5-17-14(21)10-6-18-19-13(10)8-2-3-12(16)11(15)4-8/h2-4,6,9,20H,5,7H2,1H3,(H,17,21)(H,18,19). The van der Waals surface area contributed by atoms with Gasteiger partial charge in [-0.3, -0.25) is 9.89 Å². The predicted octanol–water partition coefficient (Wildman–Crippen LogP) is 1.61. The van der Waals surface area contributed by atoms with Crippen LogP contribution in [0, 0.1) is 5.82 Å². The third kappa shape index (κ3) is 3.82. The van der Waals surface area contributed by atoms with Crippen molar-refractivity contribution in [2.24, 2.45) is 0 Å². The van der Waals surface area contributed by atoms with E-state index in [2.05, 4.69) is 15.5 Å². The maximum Gasteiger partial charge on any atom is 0.255 e. The monoisotopic (exact) mass is 327 g/mol. The number of halogens is 2. The number of aromatic nitrogens is 2. The molecule has 2 rings (SSSR count). The summed E-state index contributed by atoms with van der Waals surface area (Å²) >= 11 is 5.74. The Labute approximate surface area is 131 Å². The molecule has 1 unspecified atom stereocenters. The predicted molar refractivity (Wildman–Crippen MR) is 79.2 cm³/mol. The molecule has 0 fully saturated rings. The molecule has 1 amide bonds. The van der Waals surface area contributed by atoms with Crippen molar-refractivity contribution in [3.05, 3.63) is 40.8 Å². The lowest BCUT2D eigenvalue weighted by Gasteiger charge is -2.11. The molecular weight excluding hydrogens is 313 g/mol. The minimum absolute atomic E-state index is 0.0431. The van der Waals surface area contributed by atoms with Crippen molar-refractivity contribution < 1.29 is 19.0 Å². The van der Waals surface area contributed by atoms with Gasteiger partial charge in [0.25, 0.3) is 5.91 Å². The summed E-state index contributed by atoms with van der Waals surface area (Å²) in [4.78, 5) is 12.1. The van der Waals surface area contributed by atoms with Crippen LogP contribution in [0.1, 0.15) is 10.4 Å². The molecule has 0 spiro atoms. The first-order valence-corrected chi connectivity index (χ1v) is 6.84. The van der Waals surface area contributed by atoms with Crippen molar-refractivity contribution in [3.8, 4) is 11.3 Å². The summed E-state index contributed by atoms with van der Waals surface area (Å²) in [6.07, 6.45) is 0.550. The van der Waals surface area contributed by atoms with Crippen LogP contribution < -0.4 is 5.32 Å². The van der Waals surface area contributed by atoms with E-state index in [1.165, 1.54) is 31.5 Å². The fraction of sp³-hybridized carbons (Fsp3) is 0.286. The van der Waals surface area contributed by atoms with E-state index in [0.717, 1.165) is 0 Å². The molecule has 3 N–H and O–H groups in total. The second-order valence-electron chi connectivity index (χ2n) is 4.61. The Morgan fingerprint density at radius 1 is 1.59 bits per heavy atom. The third-order valence-electron chi connectivity index (χ3n) is 2.95. The molecular formula is C14H15ClFN3O3. The zero-order valence-corrected chi connectivity index (χ0v) is 12.5.